The van der Waals surface area contributed by atoms with Crippen molar-refractivity contribution in [1.82, 2.24) is 10.2 Å². The Hall–Kier alpha value is -2.88. The lowest BCUT2D eigenvalue weighted by molar-refractivity contribution is -0.137. The Labute approximate surface area is 152 Å². The molecule has 7 nitrogen and oxygen atoms in total. The summed E-state index contributed by atoms with van der Waals surface area (Å²) in [5, 5.41) is 8.54. The zero-order chi connectivity index (χ0) is 20.1. The van der Waals surface area contributed by atoms with Crippen LogP contribution in [0.4, 0.5) is 13.2 Å². The predicted molar refractivity (Wildman–Crippen MR) is 90.2 cm³/mol. The lowest BCUT2D eigenvalue weighted by Gasteiger charge is -2.10. The van der Waals surface area contributed by atoms with Crippen LogP contribution in [0.25, 0.3) is 0 Å². The fourth-order valence-electron chi connectivity index (χ4n) is 2.04. The van der Waals surface area contributed by atoms with Gasteiger partial charge < -0.3 is 0 Å². The summed E-state index contributed by atoms with van der Waals surface area (Å²) in [7, 11) is -3.89. The quantitative estimate of drug-likeness (QED) is 0.383. The van der Waals surface area contributed by atoms with E-state index in [1.165, 1.54) is 23.7 Å². The van der Waals surface area contributed by atoms with E-state index in [-0.39, 0.29) is 23.4 Å². The lowest BCUT2D eigenvalue weighted by atomic mass is 10.1. The molecule has 0 saturated carbocycles. The van der Waals surface area contributed by atoms with Gasteiger partial charge in [0.25, 0.3) is 5.91 Å². The number of halogens is 3. The number of hydrogen-bond acceptors (Lipinski definition) is 5. The van der Waals surface area contributed by atoms with E-state index in [1.54, 1.807) is 0 Å². The number of rotatable bonds is 6. The Morgan fingerprint density at radius 2 is 2.04 bits per heavy atom. The van der Waals surface area contributed by atoms with Crippen LogP contribution < -0.4 is 10.2 Å². The van der Waals surface area contributed by atoms with Crippen molar-refractivity contribution < 1.29 is 31.6 Å². The molecule has 0 aromatic heterocycles. The second kappa shape index (κ2) is 8.21. The van der Waals surface area contributed by atoms with E-state index < -0.39 is 33.4 Å². The Bertz CT molecular complexity index is 959. The number of aliphatic imine (C=N–C) groups is 1. The molecule has 0 saturated heterocycles. The maximum atomic E-state index is 12.7. The number of hydroxylamine groups is 1. The van der Waals surface area contributed by atoms with Crippen LogP contribution in [0.5, 0.6) is 0 Å². The first kappa shape index (κ1) is 20.4. The molecule has 11 heteroatoms. The number of aryl methyl sites for hydroxylation is 1. The molecular formula is C16H14F3N3O4S. The maximum absolute atomic E-state index is 12.7. The normalized spacial score (nSPS) is 14.2. The number of nitrogens with one attached hydrogen (secondary N) is 2. The first-order chi connectivity index (χ1) is 12.6. The number of carbonyl (C=O) groups excluding carboxylic acids is 1. The third-order valence-electron chi connectivity index (χ3n) is 3.33. The van der Waals surface area contributed by atoms with Gasteiger partial charge in [0.1, 0.15) is 5.71 Å². The zero-order valence-corrected chi connectivity index (χ0v) is 14.4. The van der Waals surface area contributed by atoms with Gasteiger partial charge in [-0.15, -0.1) is 0 Å². The average Bonchev–Trinajstić information content (AvgIpc) is 2.84. The highest BCUT2D eigenvalue weighted by atomic mass is 32.2. The molecule has 1 amide bonds. The number of amides is 1. The summed E-state index contributed by atoms with van der Waals surface area (Å²) >= 11 is 0. The van der Waals surface area contributed by atoms with E-state index in [2.05, 4.69) is 15.4 Å². The van der Waals surface area contributed by atoms with Crippen molar-refractivity contribution in [2.45, 2.75) is 12.6 Å². The number of sulfonamides is 1. The topological polar surface area (TPSA) is 108 Å². The molecule has 27 heavy (non-hydrogen) atoms. The largest absolute Gasteiger partial charge is 0.416 e. The second-order valence-electron chi connectivity index (χ2n) is 5.34. The summed E-state index contributed by atoms with van der Waals surface area (Å²) in [5.41, 5.74) is 3.01. The van der Waals surface area contributed by atoms with Crippen LogP contribution in [0.3, 0.4) is 0 Å². The molecule has 0 unspecified atom stereocenters. The Morgan fingerprint density at radius 3 is 2.70 bits per heavy atom. The number of alkyl halides is 3. The van der Waals surface area contributed by atoms with Gasteiger partial charge in [0.15, 0.2) is 0 Å². The molecular weight excluding hydrogens is 387 g/mol. The first-order valence-electron chi connectivity index (χ1n) is 7.43. The monoisotopic (exact) mass is 401 g/mol. The molecule has 2 rings (SSSR count). The molecule has 1 heterocycles. The van der Waals surface area contributed by atoms with E-state index in [9.17, 15) is 26.4 Å². The van der Waals surface area contributed by atoms with Gasteiger partial charge in [-0.2, -0.15) is 13.2 Å². The van der Waals surface area contributed by atoms with Gasteiger partial charge in [-0.05, 0) is 24.1 Å². The van der Waals surface area contributed by atoms with Crippen molar-refractivity contribution in [3.63, 3.8) is 0 Å². The van der Waals surface area contributed by atoms with Crippen LogP contribution in [0.1, 0.15) is 11.1 Å². The fraction of sp³-hybridized carbons (Fsp3) is 0.188. The molecule has 0 fully saturated rings. The summed E-state index contributed by atoms with van der Waals surface area (Å²) in [5.74, 6) is -1.36. The van der Waals surface area contributed by atoms with E-state index in [0.29, 0.717) is 0 Å². The van der Waals surface area contributed by atoms with Gasteiger partial charge in [0, 0.05) is 12.3 Å². The highest BCUT2D eigenvalue weighted by molar-refractivity contribution is 7.89. The molecule has 0 spiro atoms. The molecule has 3 N–H and O–H groups in total. The van der Waals surface area contributed by atoms with Crippen molar-refractivity contribution in [1.29, 1.82) is 0 Å². The van der Waals surface area contributed by atoms with Gasteiger partial charge in [-0.1, -0.05) is 23.9 Å². The zero-order valence-electron chi connectivity index (χ0n) is 13.6. The third-order valence-corrected chi connectivity index (χ3v) is 4.61. The molecule has 0 atom stereocenters. The summed E-state index contributed by atoms with van der Waals surface area (Å²) in [6.45, 7) is 0. The number of hydrogen-bond donors (Lipinski definition) is 3. The van der Waals surface area contributed by atoms with Gasteiger partial charge in [0.2, 0.25) is 10.0 Å². The van der Waals surface area contributed by atoms with Crippen molar-refractivity contribution in [2.75, 3.05) is 5.75 Å². The molecule has 0 radical (unpaired) electrons. The smallest absolute Gasteiger partial charge is 0.288 e. The standard InChI is InChI=1S/C16H14F3N3O4S/c17-16(18,19)12-3-1-2-11(10-12)7-9-27(25,26)22-13-4-5-14(15(23)21-24)20-8-6-13/h1-3,5-6,8,10,22,24H,7,9H2,(H,21,23). The maximum Gasteiger partial charge on any atom is 0.416 e. The molecule has 1 aromatic carbocycles. The Balaban J connectivity index is 2.06. The van der Waals surface area contributed by atoms with E-state index >= 15 is 0 Å². The van der Waals surface area contributed by atoms with Gasteiger partial charge >= 0.3 is 6.18 Å². The van der Waals surface area contributed by atoms with E-state index in [4.69, 9.17) is 5.21 Å². The van der Waals surface area contributed by atoms with Crippen LogP contribution in [-0.4, -0.2) is 31.0 Å². The minimum atomic E-state index is -4.51. The van der Waals surface area contributed by atoms with Gasteiger partial charge in [0.05, 0.1) is 17.0 Å². The Morgan fingerprint density at radius 1 is 1.30 bits per heavy atom. The van der Waals surface area contributed by atoms with E-state index in [1.807, 2.05) is 0 Å². The van der Waals surface area contributed by atoms with Gasteiger partial charge in [-0.25, -0.2) is 13.9 Å². The van der Waals surface area contributed by atoms with E-state index in [0.717, 1.165) is 24.4 Å². The molecule has 1 aliphatic rings. The summed E-state index contributed by atoms with van der Waals surface area (Å²) in [6.07, 6.45) is -1.21. The number of benzene rings is 1. The molecule has 1 aromatic rings. The SMILES string of the molecule is O=C(NO)C1=NC=CC(NS(=O)(=O)CCc2cccc(C(F)(F)F)c2)=C=C1. The summed E-state index contributed by atoms with van der Waals surface area (Å²) in [4.78, 5) is 14.9. The molecule has 144 valence electrons. The van der Waals surface area contributed by atoms with Crippen LogP contribution in [0, 0.1) is 0 Å². The second-order valence-corrected chi connectivity index (χ2v) is 7.18. The van der Waals surface area contributed by atoms with Crippen LogP contribution in [-0.2, 0) is 27.4 Å². The Kier molecular flexibility index (Phi) is 6.21. The minimum Gasteiger partial charge on any atom is -0.288 e. The van der Waals surface area contributed by atoms with Crippen molar-refractivity contribution in [2.24, 2.45) is 4.99 Å². The van der Waals surface area contributed by atoms with Gasteiger partial charge in [-0.3, -0.25) is 19.7 Å². The van der Waals surface area contributed by atoms with Crippen molar-refractivity contribution >= 4 is 21.6 Å². The molecule has 0 aliphatic carbocycles. The number of carbonyl (C=O) groups is 1. The fourth-order valence-corrected chi connectivity index (χ4v) is 3.11. The highest BCUT2D eigenvalue weighted by Gasteiger charge is 2.30. The minimum absolute atomic E-state index is 0.0245. The summed E-state index contributed by atoms with van der Waals surface area (Å²) in [6, 6.07) is 4.42. The van der Waals surface area contributed by atoms with Crippen molar-refractivity contribution in [3.8, 4) is 0 Å². The third kappa shape index (κ3) is 6.10. The highest BCUT2D eigenvalue weighted by Crippen LogP contribution is 2.29. The van der Waals surface area contributed by atoms with Crippen molar-refractivity contribution in [3.05, 3.63) is 65.2 Å². The predicted octanol–water partition coefficient (Wildman–Crippen LogP) is 1.68. The first-order valence-corrected chi connectivity index (χ1v) is 9.08. The summed E-state index contributed by atoms with van der Waals surface area (Å²) < 4.78 is 64.6. The van der Waals surface area contributed by atoms with Crippen LogP contribution in [0.2, 0.25) is 0 Å². The molecule has 0 bridgehead atoms. The lowest BCUT2D eigenvalue weighted by Crippen LogP contribution is -2.26. The van der Waals surface area contributed by atoms with Crippen LogP contribution in [0.15, 0.2) is 59.0 Å². The average molecular weight is 401 g/mol. The molecule has 1 aliphatic heterocycles. The van der Waals surface area contributed by atoms with Crippen LogP contribution >= 0.6 is 0 Å². The number of nitrogens with zero attached hydrogens (tertiary/aromatic N) is 1.